The topological polar surface area (TPSA) is 61.8 Å². The number of aliphatic hydroxyl groups is 1. The van der Waals surface area contributed by atoms with Crippen molar-refractivity contribution in [3.63, 3.8) is 0 Å². The molecule has 0 aromatic heterocycles. The number of morpholine rings is 1. The van der Waals surface area contributed by atoms with Gasteiger partial charge in [0.25, 0.3) is 0 Å². The Kier molecular flexibility index (Phi) is 4.86. The lowest BCUT2D eigenvalue weighted by molar-refractivity contribution is -0.124. The Morgan fingerprint density at radius 3 is 3.14 bits per heavy atom. The van der Waals surface area contributed by atoms with Crippen molar-refractivity contribution in [2.24, 2.45) is 0 Å². The number of carbonyl (C=O) groups is 1. The van der Waals surface area contributed by atoms with E-state index in [9.17, 15) is 4.79 Å². The fourth-order valence-electron chi connectivity index (χ4n) is 1.49. The van der Waals surface area contributed by atoms with Crippen LogP contribution in [0.2, 0.25) is 0 Å². The van der Waals surface area contributed by atoms with Crippen LogP contribution in [0.1, 0.15) is 6.92 Å². The van der Waals surface area contributed by atoms with Crippen molar-refractivity contribution in [3.8, 4) is 0 Å². The lowest BCUT2D eigenvalue weighted by Gasteiger charge is -2.31. The largest absolute Gasteiger partial charge is 0.394 e. The summed E-state index contributed by atoms with van der Waals surface area (Å²) in [6, 6.07) is 0. The highest BCUT2D eigenvalue weighted by atomic mass is 16.5. The van der Waals surface area contributed by atoms with Crippen molar-refractivity contribution in [1.82, 2.24) is 10.2 Å². The Bertz CT molecular complexity index is 187. The number of nitrogens with one attached hydrogen (secondary N) is 1. The molecule has 1 amide bonds. The fourth-order valence-corrected chi connectivity index (χ4v) is 1.49. The lowest BCUT2D eigenvalue weighted by atomic mass is 10.3. The number of aliphatic hydroxyl groups excluding tert-OH is 1. The highest BCUT2D eigenvalue weighted by Gasteiger charge is 2.20. The molecule has 5 heteroatoms. The van der Waals surface area contributed by atoms with Gasteiger partial charge in [0.15, 0.2) is 0 Å². The van der Waals surface area contributed by atoms with Crippen molar-refractivity contribution in [3.05, 3.63) is 0 Å². The molecule has 2 N–H and O–H groups in total. The third-order valence-electron chi connectivity index (χ3n) is 2.17. The van der Waals surface area contributed by atoms with Gasteiger partial charge in [0.2, 0.25) is 5.91 Å². The van der Waals surface area contributed by atoms with Crippen molar-refractivity contribution in [2.75, 3.05) is 39.4 Å². The summed E-state index contributed by atoms with van der Waals surface area (Å²) in [5, 5.41) is 11.6. The van der Waals surface area contributed by atoms with Gasteiger partial charge < -0.3 is 15.2 Å². The Morgan fingerprint density at radius 1 is 1.71 bits per heavy atom. The fraction of sp³-hybridized carbons (Fsp3) is 0.889. The first-order valence-corrected chi connectivity index (χ1v) is 4.97. The zero-order chi connectivity index (χ0) is 10.4. The summed E-state index contributed by atoms with van der Waals surface area (Å²) in [6.07, 6.45) is -0.141. The molecule has 0 aromatic carbocycles. The molecule has 0 saturated carbocycles. The lowest BCUT2D eigenvalue weighted by Crippen LogP contribution is -2.47. The Balaban J connectivity index is 2.26. The third kappa shape index (κ3) is 3.61. The Labute approximate surface area is 84.0 Å². The predicted molar refractivity (Wildman–Crippen MR) is 51.9 cm³/mol. The molecule has 1 atom stereocenters. The number of nitrogens with zero attached hydrogens (tertiary/aromatic N) is 1. The highest BCUT2D eigenvalue weighted by molar-refractivity contribution is 5.77. The number of amides is 1. The van der Waals surface area contributed by atoms with Gasteiger partial charge in [0.1, 0.15) is 0 Å². The number of likely N-dealkylation sites (N-methyl/N-ethyl adjacent to an activating group) is 1. The zero-order valence-electron chi connectivity index (χ0n) is 8.53. The quantitative estimate of drug-likeness (QED) is 0.602. The van der Waals surface area contributed by atoms with Crippen LogP contribution in [0.5, 0.6) is 0 Å². The summed E-state index contributed by atoms with van der Waals surface area (Å²) in [4.78, 5) is 13.2. The van der Waals surface area contributed by atoms with Crippen LogP contribution < -0.4 is 5.32 Å². The van der Waals surface area contributed by atoms with E-state index in [4.69, 9.17) is 9.84 Å². The molecule has 1 unspecified atom stereocenters. The molecular weight excluding hydrogens is 184 g/mol. The average Bonchev–Trinajstić information content (AvgIpc) is 2.18. The van der Waals surface area contributed by atoms with Crippen LogP contribution in [-0.2, 0) is 9.53 Å². The summed E-state index contributed by atoms with van der Waals surface area (Å²) >= 11 is 0. The molecule has 1 fully saturated rings. The van der Waals surface area contributed by atoms with Crippen LogP contribution in [0.4, 0.5) is 0 Å². The number of hydrogen-bond donors (Lipinski definition) is 2. The van der Waals surface area contributed by atoms with Crippen molar-refractivity contribution in [2.45, 2.75) is 13.0 Å². The molecule has 5 nitrogen and oxygen atoms in total. The molecule has 14 heavy (non-hydrogen) atoms. The monoisotopic (exact) mass is 202 g/mol. The summed E-state index contributed by atoms with van der Waals surface area (Å²) in [7, 11) is 0. The Hall–Kier alpha value is -0.650. The van der Waals surface area contributed by atoms with Crippen LogP contribution >= 0.6 is 0 Å². The summed E-state index contributed by atoms with van der Waals surface area (Å²) in [5.41, 5.74) is 0. The van der Waals surface area contributed by atoms with Crippen molar-refractivity contribution in [1.29, 1.82) is 0 Å². The van der Waals surface area contributed by atoms with Gasteiger partial charge in [-0.1, -0.05) is 0 Å². The van der Waals surface area contributed by atoms with Gasteiger partial charge in [0, 0.05) is 19.6 Å². The van der Waals surface area contributed by atoms with Gasteiger partial charge in [-0.2, -0.15) is 0 Å². The molecule has 1 rings (SSSR count). The van der Waals surface area contributed by atoms with Gasteiger partial charge in [-0.3, -0.25) is 9.69 Å². The van der Waals surface area contributed by atoms with Gasteiger partial charge in [-0.15, -0.1) is 0 Å². The molecule has 0 radical (unpaired) electrons. The van der Waals surface area contributed by atoms with E-state index >= 15 is 0 Å². The maximum Gasteiger partial charge on any atom is 0.234 e. The maximum atomic E-state index is 11.3. The van der Waals surface area contributed by atoms with Crippen molar-refractivity contribution < 1.29 is 14.6 Å². The van der Waals surface area contributed by atoms with E-state index in [0.717, 1.165) is 6.54 Å². The van der Waals surface area contributed by atoms with Crippen LogP contribution in [0.3, 0.4) is 0 Å². The summed E-state index contributed by atoms with van der Waals surface area (Å²) in [5.74, 6) is 0.0334. The molecule has 1 saturated heterocycles. The SMILES string of the molecule is CCNC(=O)CN1CCOC(CO)C1. The summed E-state index contributed by atoms with van der Waals surface area (Å²) in [6.45, 7) is 4.95. The molecular formula is C9H18N2O3. The molecule has 1 aliphatic heterocycles. The molecule has 0 aliphatic carbocycles. The van der Waals surface area contributed by atoms with Gasteiger partial charge in [-0.05, 0) is 6.92 Å². The second kappa shape index (κ2) is 5.95. The van der Waals surface area contributed by atoms with E-state index in [1.54, 1.807) is 0 Å². The van der Waals surface area contributed by atoms with E-state index in [1.165, 1.54) is 0 Å². The normalized spacial score (nSPS) is 23.4. The molecule has 1 heterocycles. The maximum absolute atomic E-state index is 11.3. The van der Waals surface area contributed by atoms with E-state index in [0.29, 0.717) is 26.2 Å². The predicted octanol–water partition coefficient (Wildman–Crippen LogP) is -1.18. The highest BCUT2D eigenvalue weighted by Crippen LogP contribution is 2.03. The van der Waals surface area contributed by atoms with Crippen LogP contribution in [0.25, 0.3) is 0 Å². The minimum atomic E-state index is -0.141. The first kappa shape index (κ1) is 11.4. The zero-order valence-corrected chi connectivity index (χ0v) is 8.53. The Morgan fingerprint density at radius 2 is 2.50 bits per heavy atom. The first-order valence-electron chi connectivity index (χ1n) is 4.97. The average molecular weight is 202 g/mol. The second-order valence-electron chi connectivity index (χ2n) is 3.36. The van der Waals surface area contributed by atoms with E-state index in [-0.39, 0.29) is 18.6 Å². The smallest absolute Gasteiger partial charge is 0.234 e. The molecule has 0 spiro atoms. The number of ether oxygens (including phenoxy) is 1. The van der Waals surface area contributed by atoms with Gasteiger partial charge >= 0.3 is 0 Å². The first-order chi connectivity index (χ1) is 6.76. The van der Waals surface area contributed by atoms with E-state index in [1.807, 2.05) is 11.8 Å². The minimum absolute atomic E-state index is 0.0197. The number of rotatable bonds is 4. The van der Waals surface area contributed by atoms with Crippen LogP contribution in [0.15, 0.2) is 0 Å². The van der Waals surface area contributed by atoms with Crippen molar-refractivity contribution >= 4 is 5.91 Å². The standard InChI is InChI=1S/C9H18N2O3/c1-2-10-9(13)6-11-3-4-14-8(5-11)7-12/h8,12H,2-7H2,1H3,(H,10,13). The minimum Gasteiger partial charge on any atom is -0.394 e. The van der Waals surface area contributed by atoms with Gasteiger partial charge in [-0.25, -0.2) is 0 Å². The summed E-state index contributed by atoms with van der Waals surface area (Å²) < 4.78 is 5.28. The third-order valence-corrected chi connectivity index (χ3v) is 2.17. The van der Waals surface area contributed by atoms with Gasteiger partial charge in [0.05, 0.1) is 25.9 Å². The molecule has 1 aliphatic rings. The molecule has 0 bridgehead atoms. The number of carbonyl (C=O) groups excluding carboxylic acids is 1. The molecule has 0 aromatic rings. The van der Waals surface area contributed by atoms with Crippen LogP contribution in [0, 0.1) is 0 Å². The second-order valence-corrected chi connectivity index (χ2v) is 3.36. The van der Waals surface area contributed by atoms with E-state index < -0.39 is 0 Å². The van der Waals surface area contributed by atoms with E-state index in [2.05, 4.69) is 5.32 Å². The number of hydrogen-bond acceptors (Lipinski definition) is 4. The van der Waals surface area contributed by atoms with Crippen LogP contribution in [-0.4, -0.2) is 61.4 Å². The molecule has 82 valence electrons.